The van der Waals surface area contributed by atoms with Gasteiger partial charge in [0, 0.05) is 24.5 Å². The number of fused-ring (bicyclic) bond motifs is 1. The highest BCUT2D eigenvalue weighted by molar-refractivity contribution is 5.91. The van der Waals surface area contributed by atoms with Crippen LogP contribution in [0.2, 0.25) is 0 Å². The molecule has 26 heavy (non-hydrogen) atoms. The largest absolute Gasteiger partial charge is 0.493 e. The monoisotopic (exact) mass is 355 g/mol. The minimum absolute atomic E-state index is 0.0654. The molecule has 0 radical (unpaired) electrons. The Balaban J connectivity index is 1.56. The molecule has 1 aromatic carbocycles. The van der Waals surface area contributed by atoms with Crippen LogP contribution in [0, 0.1) is 0 Å². The predicted octanol–water partition coefficient (Wildman–Crippen LogP) is 3.04. The average Bonchev–Trinajstić information content (AvgIpc) is 3.13. The van der Waals surface area contributed by atoms with Gasteiger partial charge in [-0.05, 0) is 24.3 Å². The van der Waals surface area contributed by atoms with E-state index in [0.29, 0.717) is 24.5 Å². The first-order valence-corrected chi connectivity index (χ1v) is 8.51. The van der Waals surface area contributed by atoms with E-state index in [1.165, 1.54) is 13.2 Å². The summed E-state index contributed by atoms with van der Waals surface area (Å²) in [5.74, 6) is 1.57. The van der Waals surface area contributed by atoms with E-state index >= 15 is 0 Å². The standard InChI is InChI=1S/C20H21NO5/c1-24-20(23)11-9-15-7-6-14(26-15)8-10-19(22)21-17-12-13-25-18-5-3-2-4-16(17)18/h2-8,10,17H,9,11-13H2,1H3,(H,21,22)/b10-8+/t17-/m0/s1. The summed E-state index contributed by atoms with van der Waals surface area (Å²) in [5, 5.41) is 2.99. The number of methoxy groups -OCH3 is 1. The zero-order valence-electron chi connectivity index (χ0n) is 14.6. The van der Waals surface area contributed by atoms with Gasteiger partial charge in [0.25, 0.3) is 0 Å². The summed E-state index contributed by atoms with van der Waals surface area (Å²) >= 11 is 0. The summed E-state index contributed by atoms with van der Waals surface area (Å²) < 4.78 is 15.8. The quantitative estimate of drug-likeness (QED) is 0.636. The van der Waals surface area contributed by atoms with E-state index in [9.17, 15) is 9.59 Å². The normalized spacial score (nSPS) is 16.0. The number of hydrogen-bond acceptors (Lipinski definition) is 5. The molecule has 0 unspecified atom stereocenters. The van der Waals surface area contributed by atoms with Gasteiger partial charge in [0.1, 0.15) is 17.3 Å². The molecule has 0 bridgehead atoms. The average molecular weight is 355 g/mol. The molecule has 1 aliphatic heterocycles. The van der Waals surface area contributed by atoms with Crippen LogP contribution in [-0.2, 0) is 20.7 Å². The van der Waals surface area contributed by atoms with Gasteiger partial charge in [0.05, 0.1) is 26.2 Å². The Labute approximate surface area is 151 Å². The summed E-state index contributed by atoms with van der Waals surface area (Å²) in [5.41, 5.74) is 0.989. The van der Waals surface area contributed by atoms with Crippen LogP contribution in [0.1, 0.15) is 36.0 Å². The third-order valence-electron chi connectivity index (χ3n) is 4.16. The summed E-state index contributed by atoms with van der Waals surface area (Å²) in [6, 6.07) is 11.2. The molecule has 1 amide bonds. The van der Waals surface area contributed by atoms with E-state index in [2.05, 4.69) is 10.1 Å². The van der Waals surface area contributed by atoms with Gasteiger partial charge in [0.15, 0.2) is 0 Å². The van der Waals surface area contributed by atoms with Crippen LogP contribution in [0.3, 0.4) is 0 Å². The SMILES string of the molecule is COC(=O)CCc1ccc(/C=C/C(=O)N[C@H]2CCOc3ccccc32)o1. The molecule has 2 heterocycles. The zero-order chi connectivity index (χ0) is 18.4. The van der Waals surface area contributed by atoms with Crippen molar-refractivity contribution in [1.82, 2.24) is 5.32 Å². The van der Waals surface area contributed by atoms with E-state index in [1.54, 1.807) is 18.2 Å². The van der Waals surface area contributed by atoms with Gasteiger partial charge in [-0.25, -0.2) is 0 Å². The van der Waals surface area contributed by atoms with Gasteiger partial charge in [-0.2, -0.15) is 0 Å². The molecule has 136 valence electrons. The van der Waals surface area contributed by atoms with Gasteiger partial charge in [-0.1, -0.05) is 18.2 Å². The van der Waals surface area contributed by atoms with Crippen LogP contribution in [0.5, 0.6) is 5.75 Å². The summed E-state index contributed by atoms with van der Waals surface area (Å²) in [7, 11) is 1.36. The smallest absolute Gasteiger partial charge is 0.305 e. The molecule has 1 N–H and O–H groups in total. The minimum Gasteiger partial charge on any atom is -0.493 e. The maximum atomic E-state index is 12.2. The Morgan fingerprint density at radius 2 is 2.12 bits per heavy atom. The molecule has 0 aliphatic carbocycles. The third-order valence-corrected chi connectivity index (χ3v) is 4.16. The number of carbonyl (C=O) groups is 2. The van der Waals surface area contributed by atoms with E-state index < -0.39 is 0 Å². The Hall–Kier alpha value is -3.02. The summed E-state index contributed by atoms with van der Waals surface area (Å²) in [4.78, 5) is 23.4. The molecule has 6 nitrogen and oxygen atoms in total. The highest BCUT2D eigenvalue weighted by Crippen LogP contribution is 2.31. The van der Waals surface area contributed by atoms with Crippen LogP contribution in [0.15, 0.2) is 46.9 Å². The molecule has 1 atom stereocenters. The lowest BCUT2D eigenvalue weighted by Gasteiger charge is -2.26. The molecular formula is C20H21NO5. The zero-order valence-corrected chi connectivity index (χ0v) is 14.6. The Kier molecular flexibility index (Phi) is 5.73. The van der Waals surface area contributed by atoms with Crippen molar-refractivity contribution in [1.29, 1.82) is 0 Å². The number of hydrogen-bond donors (Lipinski definition) is 1. The number of esters is 1. The van der Waals surface area contributed by atoms with Crippen LogP contribution >= 0.6 is 0 Å². The Morgan fingerprint density at radius 1 is 1.27 bits per heavy atom. The highest BCUT2D eigenvalue weighted by Gasteiger charge is 2.21. The first kappa shape index (κ1) is 17.8. The van der Waals surface area contributed by atoms with Crippen molar-refractivity contribution in [2.45, 2.75) is 25.3 Å². The number of amides is 1. The number of carbonyl (C=O) groups excluding carboxylic acids is 2. The molecule has 1 aromatic heterocycles. The van der Waals surface area contributed by atoms with Crippen molar-refractivity contribution in [3.63, 3.8) is 0 Å². The Morgan fingerprint density at radius 3 is 2.96 bits per heavy atom. The van der Waals surface area contributed by atoms with E-state index in [1.807, 2.05) is 24.3 Å². The lowest BCUT2D eigenvalue weighted by atomic mass is 10.0. The van der Waals surface area contributed by atoms with Gasteiger partial charge in [0.2, 0.25) is 5.91 Å². The second-order valence-corrected chi connectivity index (χ2v) is 5.95. The number of ether oxygens (including phenoxy) is 2. The molecule has 0 spiro atoms. The fraction of sp³-hybridized carbons (Fsp3) is 0.300. The van der Waals surface area contributed by atoms with Crippen LogP contribution in [0.25, 0.3) is 6.08 Å². The molecule has 3 rings (SSSR count). The van der Waals surface area contributed by atoms with Crippen molar-refractivity contribution in [3.05, 3.63) is 59.6 Å². The van der Waals surface area contributed by atoms with Crippen molar-refractivity contribution < 1.29 is 23.5 Å². The molecule has 6 heteroatoms. The maximum absolute atomic E-state index is 12.2. The predicted molar refractivity (Wildman–Crippen MR) is 95.5 cm³/mol. The van der Waals surface area contributed by atoms with Crippen molar-refractivity contribution in [2.24, 2.45) is 0 Å². The van der Waals surface area contributed by atoms with Gasteiger partial charge in [-0.3, -0.25) is 9.59 Å². The molecule has 0 saturated heterocycles. The maximum Gasteiger partial charge on any atom is 0.305 e. The molecule has 0 saturated carbocycles. The summed E-state index contributed by atoms with van der Waals surface area (Å²) in [6.07, 6.45) is 4.51. The van der Waals surface area contributed by atoms with Gasteiger partial charge < -0.3 is 19.2 Å². The molecule has 2 aromatic rings. The first-order chi connectivity index (χ1) is 12.7. The van der Waals surface area contributed by atoms with E-state index in [4.69, 9.17) is 9.15 Å². The fourth-order valence-electron chi connectivity index (χ4n) is 2.82. The van der Waals surface area contributed by atoms with Crippen molar-refractivity contribution >= 4 is 18.0 Å². The summed E-state index contributed by atoms with van der Waals surface area (Å²) in [6.45, 7) is 0.577. The number of rotatable bonds is 6. The van der Waals surface area contributed by atoms with Crippen LogP contribution in [-0.4, -0.2) is 25.6 Å². The first-order valence-electron chi connectivity index (χ1n) is 8.51. The molecular weight excluding hydrogens is 334 g/mol. The van der Waals surface area contributed by atoms with Crippen molar-refractivity contribution in [3.8, 4) is 5.75 Å². The number of aryl methyl sites for hydroxylation is 1. The van der Waals surface area contributed by atoms with E-state index in [-0.39, 0.29) is 24.3 Å². The second kappa shape index (κ2) is 8.38. The van der Waals surface area contributed by atoms with Crippen LogP contribution in [0.4, 0.5) is 0 Å². The lowest BCUT2D eigenvalue weighted by molar-refractivity contribution is -0.140. The number of benzene rings is 1. The number of para-hydroxylation sites is 1. The van der Waals surface area contributed by atoms with E-state index in [0.717, 1.165) is 17.7 Å². The van der Waals surface area contributed by atoms with Crippen LogP contribution < -0.4 is 10.1 Å². The van der Waals surface area contributed by atoms with Crippen molar-refractivity contribution in [2.75, 3.05) is 13.7 Å². The Bertz CT molecular complexity index is 808. The lowest BCUT2D eigenvalue weighted by Crippen LogP contribution is -2.30. The van der Waals surface area contributed by atoms with Gasteiger partial charge in [-0.15, -0.1) is 0 Å². The number of nitrogens with one attached hydrogen (secondary N) is 1. The second-order valence-electron chi connectivity index (χ2n) is 5.95. The molecule has 1 aliphatic rings. The number of furan rings is 1. The topological polar surface area (TPSA) is 77.8 Å². The highest BCUT2D eigenvalue weighted by atomic mass is 16.5. The minimum atomic E-state index is -0.283. The molecule has 0 fully saturated rings. The fourth-order valence-corrected chi connectivity index (χ4v) is 2.82. The van der Waals surface area contributed by atoms with Gasteiger partial charge >= 0.3 is 5.97 Å². The third kappa shape index (κ3) is 4.53.